The van der Waals surface area contributed by atoms with Crippen LogP contribution >= 0.6 is 0 Å². The third-order valence-electron chi connectivity index (χ3n) is 11.0. The van der Waals surface area contributed by atoms with Gasteiger partial charge in [-0.1, -0.05) is 50.1 Å². The summed E-state index contributed by atoms with van der Waals surface area (Å²) in [6, 6.07) is 12.2. The molecule has 6 rings (SSSR count). The van der Waals surface area contributed by atoms with Crippen molar-refractivity contribution in [1.29, 1.82) is 0 Å². The van der Waals surface area contributed by atoms with Crippen molar-refractivity contribution < 1.29 is 41.8 Å². The molecule has 12 nitrogen and oxygen atoms in total. The third kappa shape index (κ3) is 11.3. The van der Waals surface area contributed by atoms with Crippen molar-refractivity contribution in [3.63, 3.8) is 0 Å². The van der Waals surface area contributed by atoms with Crippen molar-refractivity contribution >= 4 is 23.8 Å². The molecule has 2 N–H and O–H groups in total. The highest BCUT2D eigenvalue weighted by Crippen LogP contribution is 2.38. The lowest BCUT2D eigenvalue weighted by Crippen LogP contribution is -2.46. The van der Waals surface area contributed by atoms with Crippen LogP contribution in [0, 0.1) is 29.4 Å². The van der Waals surface area contributed by atoms with Crippen LogP contribution in [-0.4, -0.2) is 102 Å². The Balaban J connectivity index is 1.16. The molecule has 2 fully saturated rings. The van der Waals surface area contributed by atoms with Gasteiger partial charge in [0.15, 0.2) is 0 Å². The van der Waals surface area contributed by atoms with E-state index in [-0.39, 0.29) is 66.9 Å². The predicted molar refractivity (Wildman–Crippen MR) is 210 cm³/mol. The number of unbranched alkanes of at least 4 members (excludes halogenated alkanes) is 3. The van der Waals surface area contributed by atoms with Gasteiger partial charge >= 0.3 is 6.09 Å². The molecule has 2 saturated heterocycles. The molecule has 2 aromatic carbocycles. The predicted octanol–water partition coefficient (Wildman–Crippen LogP) is 5.97. The fourth-order valence-corrected chi connectivity index (χ4v) is 7.87. The van der Waals surface area contributed by atoms with Gasteiger partial charge in [-0.05, 0) is 61.3 Å². The van der Waals surface area contributed by atoms with Gasteiger partial charge in [0.1, 0.15) is 23.6 Å². The SMILES string of the molecule is C[C@@H](COC(=O)NCCCCCCN1C(=O)C=CC1=O)CC(=O)N(C[C@@H]1CNC[C@@H]1F)[C@@H](c1nc(-c2cc(F)ccc2F)cn1Cc1ccccc1)C1CCOCC1. The number of imidazole rings is 1. The Morgan fingerprint density at radius 1 is 1.02 bits per heavy atom. The van der Waals surface area contributed by atoms with Gasteiger partial charge < -0.3 is 29.6 Å². The number of hydrogen-bond donors (Lipinski definition) is 2. The number of rotatable bonds is 19. The third-order valence-corrected chi connectivity index (χ3v) is 11.0. The Kier molecular flexibility index (Phi) is 15.1. The van der Waals surface area contributed by atoms with Crippen LogP contribution in [0.4, 0.5) is 18.0 Å². The maximum Gasteiger partial charge on any atom is 0.407 e. The second-order valence-electron chi connectivity index (χ2n) is 15.5. The smallest absolute Gasteiger partial charge is 0.407 e. The number of alkyl halides is 1. The molecule has 0 unspecified atom stereocenters. The van der Waals surface area contributed by atoms with E-state index in [2.05, 4.69) is 10.6 Å². The van der Waals surface area contributed by atoms with Crippen LogP contribution in [0.5, 0.6) is 0 Å². The molecule has 3 aliphatic rings. The monoisotopic (exact) mass is 806 g/mol. The Morgan fingerprint density at radius 2 is 1.76 bits per heavy atom. The first kappa shape index (κ1) is 42.6. The summed E-state index contributed by atoms with van der Waals surface area (Å²) in [6.07, 6.45) is 6.60. The molecule has 4 atom stereocenters. The number of aromatic nitrogens is 2. The molecule has 4 heterocycles. The Hall–Kier alpha value is -5.02. The Morgan fingerprint density at radius 3 is 2.48 bits per heavy atom. The molecular weight excluding hydrogens is 754 g/mol. The highest BCUT2D eigenvalue weighted by molar-refractivity contribution is 6.12. The second-order valence-corrected chi connectivity index (χ2v) is 15.5. The molecule has 0 aliphatic carbocycles. The summed E-state index contributed by atoms with van der Waals surface area (Å²) in [6.45, 7) is 4.47. The summed E-state index contributed by atoms with van der Waals surface area (Å²) in [7, 11) is 0. The summed E-state index contributed by atoms with van der Waals surface area (Å²) in [5.74, 6) is -2.60. The van der Waals surface area contributed by atoms with Crippen LogP contribution in [0.15, 0.2) is 66.9 Å². The van der Waals surface area contributed by atoms with Crippen molar-refractivity contribution in [3.8, 4) is 11.3 Å². The number of nitrogens with one attached hydrogen (secondary N) is 2. The number of halogens is 3. The zero-order valence-electron chi connectivity index (χ0n) is 32.9. The molecule has 0 radical (unpaired) electrons. The summed E-state index contributed by atoms with van der Waals surface area (Å²) in [5, 5.41) is 5.84. The summed E-state index contributed by atoms with van der Waals surface area (Å²) in [5.41, 5.74) is 1.16. The maximum absolute atomic E-state index is 15.3. The minimum absolute atomic E-state index is 0.00445. The lowest BCUT2D eigenvalue weighted by atomic mass is 9.88. The fraction of sp³-hybridized carbons (Fsp3) is 0.512. The number of imide groups is 1. The van der Waals surface area contributed by atoms with Crippen LogP contribution in [0.1, 0.15) is 69.3 Å². The van der Waals surface area contributed by atoms with E-state index in [1.807, 2.05) is 41.8 Å². The van der Waals surface area contributed by atoms with Gasteiger partial charge in [-0.15, -0.1) is 0 Å². The molecule has 1 aromatic heterocycles. The first-order chi connectivity index (χ1) is 28.1. The topological polar surface area (TPSA) is 135 Å². The van der Waals surface area contributed by atoms with E-state index >= 15 is 8.78 Å². The lowest BCUT2D eigenvalue weighted by molar-refractivity contribution is -0.139. The Labute approximate surface area is 337 Å². The van der Waals surface area contributed by atoms with E-state index in [4.69, 9.17) is 14.5 Å². The number of nitrogens with zero attached hydrogens (tertiary/aromatic N) is 4. The van der Waals surface area contributed by atoms with Crippen molar-refractivity contribution in [1.82, 2.24) is 30.0 Å². The molecule has 15 heteroatoms. The summed E-state index contributed by atoms with van der Waals surface area (Å²) < 4.78 is 58.2. The van der Waals surface area contributed by atoms with Gasteiger partial charge in [0.25, 0.3) is 11.8 Å². The molecule has 3 aromatic rings. The number of benzene rings is 2. The quantitative estimate of drug-likeness (QED) is 0.112. The van der Waals surface area contributed by atoms with Crippen LogP contribution in [0.2, 0.25) is 0 Å². The minimum Gasteiger partial charge on any atom is -0.449 e. The number of hydrogen-bond acceptors (Lipinski definition) is 8. The van der Waals surface area contributed by atoms with Crippen molar-refractivity contribution in [2.45, 2.75) is 70.6 Å². The number of carbonyl (C=O) groups is 4. The largest absolute Gasteiger partial charge is 0.449 e. The highest BCUT2D eigenvalue weighted by Gasteiger charge is 2.40. The van der Waals surface area contributed by atoms with Gasteiger partial charge in [-0.25, -0.2) is 22.9 Å². The van der Waals surface area contributed by atoms with Crippen LogP contribution in [-0.2, 0) is 30.4 Å². The normalized spacial score (nSPS) is 19.4. The van der Waals surface area contributed by atoms with E-state index in [9.17, 15) is 23.6 Å². The van der Waals surface area contributed by atoms with E-state index in [0.717, 1.165) is 36.6 Å². The van der Waals surface area contributed by atoms with Gasteiger partial charge in [0, 0.05) is 88.7 Å². The van der Waals surface area contributed by atoms with Gasteiger partial charge in [0.2, 0.25) is 5.91 Å². The molecule has 312 valence electrons. The lowest BCUT2D eigenvalue weighted by Gasteiger charge is -2.40. The van der Waals surface area contributed by atoms with E-state index in [1.165, 1.54) is 17.1 Å². The fourth-order valence-electron chi connectivity index (χ4n) is 7.87. The number of alkyl carbamates (subject to hydrolysis) is 1. The molecule has 4 amide bonds. The summed E-state index contributed by atoms with van der Waals surface area (Å²) >= 11 is 0. The highest BCUT2D eigenvalue weighted by atomic mass is 19.1. The molecule has 3 aliphatic heterocycles. The zero-order valence-corrected chi connectivity index (χ0v) is 32.9. The maximum atomic E-state index is 15.3. The molecule has 0 bridgehead atoms. The second kappa shape index (κ2) is 20.6. The van der Waals surface area contributed by atoms with E-state index in [1.54, 1.807) is 11.1 Å². The molecule has 0 spiro atoms. The first-order valence-electron chi connectivity index (χ1n) is 20.3. The summed E-state index contributed by atoms with van der Waals surface area (Å²) in [4.78, 5) is 58.5. The van der Waals surface area contributed by atoms with E-state index < -0.39 is 35.9 Å². The molecule has 0 saturated carbocycles. The standard InChI is InChI=1S/C43H53F3N6O6/c1-29(28-58-43(56)48-17-7-2-3-8-18-51-38(53)13-14-39(51)54)21-40(55)52(26-32-23-47-24-36(32)46)41(31-15-19-57-20-16-31)42-49-37(34-22-33(44)11-12-35(34)45)27-50(42)25-30-9-5-4-6-10-30/h4-6,9-14,22,27,29,31-32,36,41,47H,2-3,7-8,15-21,23-26,28H2,1H3,(H,48,56)/t29-,32+,36+,41-/m1/s1. The van der Waals surface area contributed by atoms with Crippen LogP contribution in [0.25, 0.3) is 11.3 Å². The molecule has 58 heavy (non-hydrogen) atoms. The van der Waals surface area contributed by atoms with Gasteiger partial charge in [-0.2, -0.15) is 0 Å². The number of amides is 4. The van der Waals surface area contributed by atoms with Crippen LogP contribution in [0.3, 0.4) is 0 Å². The number of carbonyl (C=O) groups excluding carboxylic acids is 4. The zero-order chi connectivity index (χ0) is 41.0. The molecular formula is C43H53F3N6O6. The van der Waals surface area contributed by atoms with E-state index in [0.29, 0.717) is 70.9 Å². The van der Waals surface area contributed by atoms with Crippen LogP contribution < -0.4 is 10.6 Å². The van der Waals surface area contributed by atoms with Gasteiger partial charge in [0.05, 0.1) is 18.3 Å². The van der Waals surface area contributed by atoms with Crippen molar-refractivity contribution in [3.05, 3.63) is 89.9 Å². The average molecular weight is 807 g/mol. The average Bonchev–Trinajstić information content (AvgIpc) is 3.92. The first-order valence-corrected chi connectivity index (χ1v) is 20.3. The van der Waals surface area contributed by atoms with Crippen molar-refractivity contribution in [2.75, 3.05) is 52.5 Å². The minimum atomic E-state index is -1.17. The number of ether oxygens (including phenoxy) is 2. The van der Waals surface area contributed by atoms with Gasteiger partial charge in [-0.3, -0.25) is 19.3 Å². The Bertz CT molecular complexity index is 1890. The van der Waals surface area contributed by atoms with Crippen molar-refractivity contribution in [2.24, 2.45) is 17.8 Å².